The lowest BCUT2D eigenvalue weighted by Crippen LogP contribution is -2.17. The van der Waals surface area contributed by atoms with Gasteiger partial charge in [-0.25, -0.2) is 4.99 Å². The van der Waals surface area contributed by atoms with Crippen molar-refractivity contribution in [3.63, 3.8) is 0 Å². The van der Waals surface area contributed by atoms with Crippen LogP contribution in [0.2, 0.25) is 0 Å². The van der Waals surface area contributed by atoms with Crippen LogP contribution in [0.4, 0.5) is 0 Å². The third-order valence-corrected chi connectivity index (χ3v) is 6.24. The molecule has 0 saturated carbocycles. The molecule has 0 bridgehead atoms. The molecule has 2 heterocycles. The van der Waals surface area contributed by atoms with Crippen molar-refractivity contribution < 1.29 is 9.47 Å². The maximum Gasteiger partial charge on any atom is 0.233 e. The molecule has 0 radical (unpaired) electrons. The van der Waals surface area contributed by atoms with E-state index in [2.05, 4.69) is 101 Å². The van der Waals surface area contributed by atoms with Crippen molar-refractivity contribution in [1.29, 1.82) is 5.26 Å². The fourth-order valence-electron chi connectivity index (χ4n) is 4.03. The summed E-state index contributed by atoms with van der Waals surface area (Å²) in [6.07, 6.45) is 0. The number of hydrogen-bond donors (Lipinski definition) is 1. The molecule has 0 aliphatic carbocycles. The summed E-state index contributed by atoms with van der Waals surface area (Å²) in [4.78, 5) is 4.70. The van der Waals surface area contributed by atoms with Gasteiger partial charge in [0.1, 0.15) is 25.3 Å². The highest BCUT2D eigenvalue weighted by Gasteiger charge is 2.31. The van der Waals surface area contributed by atoms with Gasteiger partial charge in [-0.15, -0.1) is 0 Å². The van der Waals surface area contributed by atoms with E-state index in [4.69, 9.17) is 14.5 Å². The number of nitrogens with one attached hydrogen (secondary N) is 1. The highest BCUT2D eigenvalue weighted by molar-refractivity contribution is 5.98. The van der Waals surface area contributed by atoms with Gasteiger partial charge >= 0.3 is 0 Å². The lowest BCUT2D eigenvalue weighted by molar-refractivity contribution is 0.251. The Labute approximate surface area is 197 Å². The van der Waals surface area contributed by atoms with E-state index in [-0.39, 0.29) is 22.9 Å². The zero-order valence-electron chi connectivity index (χ0n) is 20.4. The molecular formula is C28H33N3O2. The van der Waals surface area contributed by atoms with Gasteiger partial charge in [-0.2, -0.15) is 5.26 Å². The molecule has 0 spiro atoms. The second kappa shape index (κ2) is 8.59. The summed E-state index contributed by atoms with van der Waals surface area (Å²) < 4.78 is 11.7. The predicted molar refractivity (Wildman–Crippen MR) is 131 cm³/mol. The van der Waals surface area contributed by atoms with Crippen LogP contribution >= 0.6 is 0 Å². The SMILES string of the molecule is CC(C)(C)c1ccc([C@H]2COC(/C(C#N)=C3\N[C@@H](c4ccc(C(C)(C)C)cc4)CO3)=N2)cc1. The summed E-state index contributed by atoms with van der Waals surface area (Å²) in [7, 11) is 0. The molecule has 5 nitrogen and oxygen atoms in total. The van der Waals surface area contributed by atoms with Crippen LogP contribution in [0.3, 0.4) is 0 Å². The van der Waals surface area contributed by atoms with Gasteiger partial charge in [0.25, 0.3) is 0 Å². The van der Waals surface area contributed by atoms with Gasteiger partial charge in [0.2, 0.25) is 11.8 Å². The summed E-state index contributed by atoms with van der Waals surface area (Å²) in [5.74, 6) is 0.776. The van der Waals surface area contributed by atoms with Gasteiger partial charge in [-0.05, 0) is 33.1 Å². The van der Waals surface area contributed by atoms with Crippen LogP contribution in [0.15, 0.2) is 65.0 Å². The number of nitriles is 1. The standard InChI is InChI=1S/C28H33N3O2/c1-27(2,3)20-11-7-18(8-12-20)23-16-32-25(30-23)22(15-29)26-31-24(17-33-26)19-9-13-21(14-10-19)28(4,5)6/h7-14,23-24,30H,16-17H2,1-6H3/b25-22+/t23-,24-/m1/s1. The fraction of sp³-hybridized carbons (Fsp3) is 0.429. The Morgan fingerprint density at radius 2 is 1.39 bits per heavy atom. The molecule has 2 aromatic rings. The first-order chi connectivity index (χ1) is 15.6. The van der Waals surface area contributed by atoms with Gasteiger partial charge in [0.05, 0.1) is 6.04 Å². The molecule has 2 aliphatic heterocycles. The van der Waals surface area contributed by atoms with Crippen molar-refractivity contribution in [2.24, 2.45) is 4.99 Å². The molecule has 5 heteroatoms. The van der Waals surface area contributed by atoms with Crippen molar-refractivity contribution in [3.8, 4) is 6.07 Å². The van der Waals surface area contributed by atoms with Crippen LogP contribution in [0.25, 0.3) is 0 Å². The van der Waals surface area contributed by atoms with Crippen molar-refractivity contribution in [3.05, 3.63) is 82.2 Å². The molecule has 172 valence electrons. The number of rotatable bonds is 3. The second-order valence-corrected chi connectivity index (χ2v) is 10.8. The summed E-state index contributed by atoms with van der Waals surface area (Å²) in [5.41, 5.74) is 5.30. The first kappa shape index (κ1) is 22.9. The van der Waals surface area contributed by atoms with Crippen LogP contribution in [0.5, 0.6) is 0 Å². The number of hydrogen-bond acceptors (Lipinski definition) is 5. The molecule has 33 heavy (non-hydrogen) atoms. The molecule has 2 atom stereocenters. The maximum absolute atomic E-state index is 9.82. The van der Waals surface area contributed by atoms with E-state index in [9.17, 15) is 5.26 Å². The lowest BCUT2D eigenvalue weighted by Gasteiger charge is -2.19. The molecule has 2 aliphatic rings. The van der Waals surface area contributed by atoms with Crippen LogP contribution in [0, 0.1) is 11.3 Å². The highest BCUT2D eigenvalue weighted by Crippen LogP contribution is 2.31. The van der Waals surface area contributed by atoms with Crippen molar-refractivity contribution >= 4 is 5.90 Å². The number of ether oxygens (including phenoxy) is 2. The van der Waals surface area contributed by atoms with Gasteiger partial charge in [0, 0.05) is 0 Å². The van der Waals surface area contributed by atoms with Gasteiger partial charge in [0.15, 0.2) is 5.57 Å². The predicted octanol–water partition coefficient (Wildman–Crippen LogP) is 5.85. The Bertz CT molecular complexity index is 1110. The van der Waals surface area contributed by atoms with Crippen LogP contribution in [-0.2, 0) is 20.3 Å². The van der Waals surface area contributed by atoms with Gasteiger partial charge in [-0.3, -0.25) is 0 Å². The first-order valence-corrected chi connectivity index (χ1v) is 11.5. The maximum atomic E-state index is 9.82. The first-order valence-electron chi connectivity index (χ1n) is 11.5. The average molecular weight is 444 g/mol. The van der Waals surface area contributed by atoms with E-state index >= 15 is 0 Å². The number of aliphatic imine (C=N–C) groups is 1. The number of nitrogens with zero attached hydrogens (tertiary/aromatic N) is 2. The zero-order chi connectivity index (χ0) is 23.8. The lowest BCUT2D eigenvalue weighted by atomic mass is 9.86. The van der Waals surface area contributed by atoms with E-state index < -0.39 is 0 Å². The van der Waals surface area contributed by atoms with Crippen molar-refractivity contribution in [2.45, 2.75) is 64.5 Å². The summed E-state index contributed by atoms with van der Waals surface area (Å²) >= 11 is 0. The Morgan fingerprint density at radius 3 is 1.91 bits per heavy atom. The van der Waals surface area contributed by atoms with Crippen LogP contribution in [0.1, 0.15) is 75.9 Å². The van der Waals surface area contributed by atoms with Crippen LogP contribution in [-0.4, -0.2) is 19.1 Å². The molecule has 0 unspecified atom stereocenters. The average Bonchev–Trinajstić information content (AvgIpc) is 3.44. The van der Waals surface area contributed by atoms with Gasteiger partial charge < -0.3 is 14.8 Å². The Morgan fingerprint density at radius 1 is 0.848 bits per heavy atom. The smallest absolute Gasteiger partial charge is 0.233 e. The van der Waals surface area contributed by atoms with Crippen molar-refractivity contribution in [2.75, 3.05) is 13.2 Å². The van der Waals surface area contributed by atoms with Gasteiger partial charge in [-0.1, -0.05) is 90.1 Å². The van der Waals surface area contributed by atoms with E-state index in [1.807, 2.05) is 0 Å². The van der Waals surface area contributed by atoms with Crippen molar-refractivity contribution in [1.82, 2.24) is 5.32 Å². The summed E-state index contributed by atoms with van der Waals surface area (Å²) in [6, 6.07) is 19.1. The largest absolute Gasteiger partial charge is 0.476 e. The third kappa shape index (κ3) is 4.90. The fourth-order valence-corrected chi connectivity index (χ4v) is 4.03. The molecule has 1 saturated heterocycles. The Balaban J connectivity index is 1.50. The monoisotopic (exact) mass is 443 g/mol. The molecule has 0 amide bonds. The normalized spacial score (nSPS) is 22.0. The minimum absolute atomic E-state index is 0.0138. The summed E-state index contributed by atoms with van der Waals surface area (Å²) in [5, 5.41) is 13.2. The topological polar surface area (TPSA) is 66.6 Å². The van der Waals surface area contributed by atoms with E-state index in [1.165, 1.54) is 11.1 Å². The molecule has 1 fully saturated rings. The minimum atomic E-state index is -0.125. The minimum Gasteiger partial charge on any atom is -0.476 e. The quantitative estimate of drug-likeness (QED) is 0.605. The Hall–Kier alpha value is -3.26. The highest BCUT2D eigenvalue weighted by atomic mass is 16.5. The van der Waals surface area contributed by atoms with Crippen LogP contribution < -0.4 is 5.32 Å². The molecular weight excluding hydrogens is 410 g/mol. The third-order valence-electron chi connectivity index (χ3n) is 6.24. The Kier molecular flexibility index (Phi) is 5.97. The van der Waals surface area contributed by atoms with E-state index in [0.29, 0.717) is 30.6 Å². The summed E-state index contributed by atoms with van der Waals surface area (Å²) in [6.45, 7) is 14.1. The molecule has 4 rings (SSSR count). The number of benzene rings is 2. The van der Waals surface area contributed by atoms with E-state index in [0.717, 1.165) is 11.1 Å². The molecule has 1 N–H and O–H groups in total. The molecule has 2 aromatic carbocycles. The molecule has 0 aromatic heterocycles. The zero-order valence-corrected chi connectivity index (χ0v) is 20.4. The van der Waals surface area contributed by atoms with E-state index in [1.54, 1.807) is 0 Å². The second-order valence-electron chi connectivity index (χ2n) is 10.8.